The fraction of sp³-hybridized carbons (Fsp3) is 0.118. The second kappa shape index (κ2) is 8.84. The van der Waals surface area contributed by atoms with Gasteiger partial charge in [-0.25, -0.2) is 5.43 Å². The first-order valence-electron chi connectivity index (χ1n) is 7.35. The van der Waals surface area contributed by atoms with Crippen LogP contribution in [0.3, 0.4) is 0 Å². The largest absolute Gasteiger partial charge is 0.507 e. The van der Waals surface area contributed by atoms with Gasteiger partial charge in [0.05, 0.1) is 12.8 Å². The topological polar surface area (TPSA) is 100 Å². The first-order valence-corrected chi connectivity index (χ1v) is 8.14. The van der Waals surface area contributed by atoms with Crippen LogP contribution in [0.2, 0.25) is 0 Å². The van der Waals surface area contributed by atoms with E-state index in [4.69, 9.17) is 4.74 Å². The first kappa shape index (κ1) is 18.5. The number of hydrogen-bond acceptors (Lipinski definition) is 5. The zero-order valence-electron chi connectivity index (χ0n) is 13.3. The number of nitrogens with zero attached hydrogens (tertiary/aromatic N) is 1. The number of benzene rings is 2. The molecule has 2 aromatic rings. The molecular formula is C17H16BrN3O4. The zero-order chi connectivity index (χ0) is 18.2. The van der Waals surface area contributed by atoms with E-state index in [9.17, 15) is 14.7 Å². The van der Waals surface area contributed by atoms with Crippen LogP contribution in [-0.4, -0.2) is 29.7 Å². The summed E-state index contributed by atoms with van der Waals surface area (Å²) in [5.74, 6) is -1.12. The Kier molecular flexibility index (Phi) is 6.53. The fourth-order valence-corrected chi connectivity index (χ4v) is 2.21. The van der Waals surface area contributed by atoms with Gasteiger partial charge in [-0.05, 0) is 49.4 Å². The molecule has 0 heterocycles. The summed E-state index contributed by atoms with van der Waals surface area (Å²) in [4.78, 5) is 23.5. The van der Waals surface area contributed by atoms with E-state index in [0.717, 1.165) is 4.47 Å². The van der Waals surface area contributed by atoms with E-state index in [1.165, 1.54) is 12.3 Å². The number of rotatable bonds is 5. The predicted molar refractivity (Wildman–Crippen MR) is 97.8 cm³/mol. The molecule has 130 valence electrons. The van der Waals surface area contributed by atoms with Crippen molar-refractivity contribution in [3.05, 3.63) is 52.5 Å². The molecule has 0 spiro atoms. The van der Waals surface area contributed by atoms with Crippen molar-refractivity contribution in [2.75, 3.05) is 11.9 Å². The Labute approximate surface area is 152 Å². The van der Waals surface area contributed by atoms with E-state index in [-0.39, 0.29) is 5.75 Å². The lowest BCUT2D eigenvalue weighted by Crippen LogP contribution is -2.32. The number of carbonyl (C=O) groups is 2. The molecule has 2 rings (SSSR count). The lowest BCUT2D eigenvalue weighted by atomic mass is 10.2. The summed E-state index contributed by atoms with van der Waals surface area (Å²) in [6, 6.07) is 11.4. The SMILES string of the molecule is CCOc1ccc(NC(=O)C(=O)NN=Cc2cc(Br)ccc2O)cc1. The minimum Gasteiger partial charge on any atom is -0.507 e. The molecule has 0 atom stereocenters. The van der Waals surface area contributed by atoms with Crippen LogP contribution in [0.4, 0.5) is 5.69 Å². The Morgan fingerprint density at radius 2 is 1.92 bits per heavy atom. The van der Waals surface area contributed by atoms with E-state index in [1.54, 1.807) is 36.4 Å². The van der Waals surface area contributed by atoms with Crippen LogP contribution in [-0.2, 0) is 9.59 Å². The molecule has 0 aromatic heterocycles. The van der Waals surface area contributed by atoms with Crippen molar-refractivity contribution in [2.24, 2.45) is 5.10 Å². The summed E-state index contributed by atoms with van der Waals surface area (Å²) in [6.45, 7) is 2.41. The summed E-state index contributed by atoms with van der Waals surface area (Å²) in [5, 5.41) is 15.8. The number of phenolic OH excluding ortho intramolecular Hbond substituents is 1. The maximum Gasteiger partial charge on any atom is 0.329 e. The molecule has 0 fully saturated rings. The number of halogens is 1. The van der Waals surface area contributed by atoms with E-state index < -0.39 is 11.8 Å². The van der Waals surface area contributed by atoms with Gasteiger partial charge in [0, 0.05) is 15.7 Å². The third-order valence-electron chi connectivity index (χ3n) is 2.99. The van der Waals surface area contributed by atoms with E-state index in [1.807, 2.05) is 6.92 Å². The van der Waals surface area contributed by atoms with Crippen LogP contribution in [0.5, 0.6) is 11.5 Å². The average molecular weight is 406 g/mol. The van der Waals surface area contributed by atoms with E-state index in [2.05, 4.69) is 31.8 Å². The number of nitrogens with one attached hydrogen (secondary N) is 2. The zero-order valence-corrected chi connectivity index (χ0v) is 14.9. The summed E-state index contributed by atoms with van der Waals surface area (Å²) < 4.78 is 6.03. The number of carbonyl (C=O) groups excluding carboxylic acids is 2. The number of hydrogen-bond donors (Lipinski definition) is 3. The molecule has 0 saturated carbocycles. The highest BCUT2D eigenvalue weighted by Crippen LogP contribution is 2.20. The molecule has 0 bridgehead atoms. The lowest BCUT2D eigenvalue weighted by Gasteiger charge is -2.06. The summed E-state index contributed by atoms with van der Waals surface area (Å²) >= 11 is 3.26. The molecule has 8 heteroatoms. The molecule has 2 aromatic carbocycles. The van der Waals surface area contributed by atoms with Gasteiger partial charge in [0.15, 0.2) is 0 Å². The van der Waals surface area contributed by atoms with Crippen molar-refractivity contribution in [1.29, 1.82) is 0 Å². The van der Waals surface area contributed by atoms with Crippen LogP contribution in [0.25, 0.3) is 0 Å². The minimum atomic E-state index is -0.931. The summed E-state index contributed by atoms with van der Waals surface area (Å²) in [6.07, 6.45) is 1.24. The van der Waals surface area contributed by atoms with Crippen molar-refractivity contribution in [3.8, 4) is 11.5 Å². The average Bonchev–Trinajstić information content (AvgIpc) is 2.59. The molecule has 0 unspecified atom stereocenters. The Bertz CT molecular complexity index is 791. The minimum absolute atomic E-state index is 0.0000356. The third-order valence-corrected chi connectivity index (χ3v) is 3.48. The van der Waals surface area contributed by atoms with Gasteiger partial charge in [-0.2, -0.15) is 5.10 Å². The van der Waals surface area contributed by atoms with Gasteiger partial charge in [-0.3, -0.25) is 9.59 Å². The normalized spacial score (nSPS) is 10.5. The van der Waals surface area contributed by atoms with Gasteiger partial charge >= 0.3 is 11.8 Å². The molecule has 0 saturated heterocycles. The van der Waals surface area contributed by atoms with Crippen molar-refractivity contribution in [3.63, 3.8) is 0 Å². The highest BCUT2D eigenvalue weighted by atomic mass is 79.9. The van der Waals surface area contributed by atoms with Gasteiger partial charge in [-0.15, -0.1) is 0 Å². The molecule has 0 radical (unpaired) electrons. The molecular weight excluding hydrogens is 390 g/mol. The number of hydrazone groups is 1. The number of aromatic hydroxyl groups is 1. The molecule has 3 N–H and O–H groups in total. The molecule has 7 nitrogen and oxygen atoms in total. The van der Waals surface area contributed by atoms with Crippen molar-refractivity contribution >= 4 is 39.6 Å². The Hall–Kier alpha value is -2.87. The quantitative estimate of drug-likeness (QED) is 0.404. The molecule has 0 aliphatic heterocycles. The predicted octanol–water partition coefficient (Wildman–Crippen LogP) is 2.64. The number of phenols is 1. The van der Waals surface area contributed by atoms with Gasteiger partial charge in [0.1, 0.15) is 11.5 Å². The molecule has 0 aliphatic rings. The standard InChI is InChI=1S/C17H16BrN3O4/c1-2-25-14-6-4-13(5-7-14)20-16(23)17(24)21-19-10-11-9-12(18)3-8-15(11)22/h3-10,22H,2H2,1H3,(H,20,23)(H,21,24). The number of amides is 2. The van der Waals surface area contributed by atoms with Gasteiger partial charge in [0.2, 0.25) is 0 Å². The highest BCUT2D eigenvalue weighted by Gasteiger charge is 2.13. The molecule has 2 amide bonds. The van der Waals surface area contributed by atoms with Crippen LogP contribution in [0.15, 0.2) is 52.0 Å². The lowest BCUT2D eigenvalue weighted by molar-refractivity contribution is -0.136. The maximum absolute atomic E-state index is 11.8. The smallest absolute Gasteiger partial charge is 0.329 e. The van der Waals surface area contributed by atoms with Crippen LogP contribution >= 0.6 is 15.9 Å². The van der Waals surface area contributed by atoms with Crippen LogP contribution in [0, 0.1) is 0 Å². The Morgan fingerprint density at radius 1 is 1.20 bits per heavy atom. The second-order valence-corrected chi connectivity index (χ2v) is 5.73. The Balaban J connectivity index is 1.90. The van der Waals surface area contributed by atoms with Crippen molar-refractivity contribution < 1.29 is 19.4 Å². The summed E-state index contributed by atoms with van der Waals surface area (Å²) in [5.41, 5.74) is 2.94. The van der Waals surface area contributed by atoms with Gasteiger partial charge in [0.25, 0.3) is 0 Å². The maximum atomic E-state index is 11.8. The van der Waals surface area contributed by atoms with Crippen LogP contribution in [0.1, 0.15) is 12.5 Å². The molecule has 0 aliphatic carbocycles. The van der Waals surface area contributed by atoms with E-state index in [0.29, 0.717) is 23.6 Å². The number of anilines is 1. The third kappa shape index (κ3) is 5.61. The van der Waals surface area contributed by atoms with Gasteiger partial charge in [-0.1, -0.05) is 15.9 Å². The van der Waals surface area contributed by atoms with Crippen molar-refractivity contribution in [1.82, 2.24) is 5.43 Å². The first-order chi connectivity index (χ1) is 12.0. The summed E-state index contributed by atoms with van der Waals surface area (Å²) in [7, 11) is 0. The monoisotopic (exact) mass is 405 g/mol. The van der Waals surface area contributed by atoms with Gasteiger partial charge < -0.3 is 15.2 Å². The highest BCUT2D eigenvalue weighted by molar-refractivity contribution is 9.10. The second-order valence-electron chi connectivity index (χ2n) is 4.81. The van der Waals surface area contributed by atoms with E-state index >= 15 is 0 Å². The number of ether oxygens (including phenoxy) is 1. The van der Waals surface area contributed by atoms with Crippen molar-refractivity contribution in [2.45, 2.75) is 6.92 Å². The Morgan fingerprint density at radius 3 is 2.60 bits per heavy atom. The van der Waals surface area contributed by atoms with Crippen LogP contribution < -0.4 is 15.5 Å². The fourth-order valence-electron chi connectivity index (χ4n) is 1.83. The molecule has 25 heavy (non-hydrogen) atoms.